The minimum atomic E-state index is 0.292. The summed E-state index contributed by atoms with van der Waals surface area (Å²) in [6.07, 6.45) is 9.84. The van der Waals surface area contributed by atoms with Crippen LogP contribution in [0.1, 0.15) is 19.0 Å². The molecule has 5 heterocycles. The third-order valence-electron chi connectivity index (χ3n) is 5.54. The zero-order valence-corrected chi connectivity index (χ0v) is 16.4. The van der Waals surface area contributed by atoms with Crippen LogP contribution in [0.3, 0.4) is 0 Å². The van der Waals surface area contributed by atoms with E-state index in [2.05, 4.69) is 49.5 Å². The van der Waals surface area contributed by atoms with Crippen molar-refractivity contribution in [1.29, 1.82) is 0 Å². The smallest absolute Gasteiger partial charge is 0.220 e. The maximum Gasteiger partial charge on any atom is 0.220 e. The number of nitrogen functional groups attached to an aromatic ring is 1. The van der Waals surface area contributed by atoms with Gasteiger partial charge in [0.25, 0.3) is 0 Å². The topological polar surface area (TPSA) is 110 Å². The van der Waals surface area contributed by atoms with Crippen LogP contribution in [0.4, 0.5) is 5.95 Å². The Labute approximate surface area is 168 Å². The maximum absolute atomic E-state index is 5.91. The number of anilines is 1. The second-order valence-corrected chi connectivity index (χ2v) is 7.59. The van der Waals surface area contributed by atoms with E-state index in [0.29, 0.717) is 11.9 Å². The number of H-pyrrole nitrogens is 1. The Kier molecular flexibility index (Phi) is 4.48. The lowest BCUT2D eigenvalue weighted by Crippen LogP contribution is -2.14. The van der Waals surface area contributed by atoms with Crippen LogP contribution in [0.5, 0.6) is 0 Å². The molecular formula is C21H24N8. The predicted molar refractivity (Wildman–Crippen MR) is 113 cm³/mol. The Morgan fingerprint density at radius 1 is 1.21 bits per heavy atom. The zero-order chi connectivity index (χ0) is 19.8. The Morgan fingerprint density at radius 2 is 2.14 bits per heavy atom. The van der Waals surface area contributed by atoms with E-state index in [9.17, 15) is 0 Å². The highest BCUT2D eigenvalue weighted by Crippen LogP contribution is 2.30. The summed E-state index contributed by atoms with van der Waals surface area (Å²) in [5.41, 5.74) is 11.5. The lowest BCUT2D eigenvalue weighted by Gasteiger charge is -2.07. The molecule has 0 radical (unpaired) electrons. The van der Waals surface area contributed by atoms with Gasteiger partial charge in [-0.3, -0.25) is 4.68 Å². The van der Waals surface area contributed by atoms with Gasteiger partial charge in [0.1, 0.15) is 5.65 Å². The van der Waals surface area contributed by atoms with Gasteiger partial charge in [0, 0.05) is 52.9 Å². The highest BCUT2D eigenvalue weighted by atomic mass is 15.3. The third kappa shape index (κ3) is 3.47. The zero-order valence-electron chi connectivity index (χ0n) is 16.4. The molecule has 0 saturated carbocycles. The molecule has 0 aromatic carbocycles. The Bertz CT molecular complexity index is 1150. The molecule has 8 nitrogen and oxygen atoms in total. The highest BCUT2D eigenvalue weighted by Gasteiger charge is 2.16. The molecule has 148 valence electrons. The van der Waals surface area contributed by atoms with Crippen molar-refractivity contribution in [2.75, 3.05) is 18.8 Å². The summed E-state index contributed by atoms with van der Waals surface area (Å²) < 4.78 is 2.04. The molecule has 4 aromatic heterocycles. The van der Waals surface area contributed by atoms with Crippen LogP contribution in [-0.2, 0) is 13.0 Å². The molecule has 4 N–H and O–H groups in total. The molecule has 1 fully saturated rings. The van der Waals surface area contributed by atoms with E-state index in [4.69, 9.17) is 5.73 Å². The molecular weight excluding hydrogens is 364 g/mol. The summed E-state index contributed by atoms with van der Waals surface area (Å²) in [7, 11) is 0. The van der Waals surface area contributed by atoms with Crippen molar-refractivity contribution in [3.05, 3.63) is 42.6 Å². The largest absolute Gasteiger partial charge is 0.368 e. The van der Waals surface area contributed by atoms with Crippen molar-refractivity contribution in [3.8, 4) is 22.4 Å². The molecule has 0 spiro atoms. The molecule has 1 atom stereocenters. The molecule has 5 rings (SSSR count). The van der Waals surface area contributed by atoms with Gasteiger partial charge in [-0.2, -0.15) is 5.10 Å². The number of rotatable bonds is 5. The summed E-state index contributed by atoms with van der Waals surface area (Å²) in [4.78, 5) is 16.6. The molecule has 0 amide bonds. The van der Waals surface area contributed by atoms with Gasteiger partial charge >= 0.3 is 0 Å². The van der Waals surface area contributed by atoms with Crippen LogP contribution < -0.4 is 11.1 Å². The number of fused-ring (bicyclic) bond motifs is 1. The van der Waals surface area contributed by atoms with E-state index in [0.717, 1.165) is 65.2 Å². The first kappa shape index (κ1) is 17.8. The van der Waals surface area contributed by atoms with Gasteiger partial charge < -0.3 is 16.0 Å². The summed E-state index contributed by atoms with van der Waals surface area (Å²) >= 11 is 0. The van der Waals surface area contributed by atoms with E-state index < -0.39 is 0 Å². The van der Waals surface area contributed by atoms with Crippen LogP contribution in [0.25, 0.3) is 33.4 Å². The van der Waals surface area contributed by atoms with Crippen molar-refractivity contribution in [3.63, 3.8) is 0 Å². The quantitative estimate of drug-likeness (QED) is 0.485. The van der Waals surface area contributed by atoms with Gasteiger partial charge in [-0.05, 0) is 44.0 Å². The van der Waals surface area contributed by atoms with Crippen molar-refractivity contribution in [1.82, 2.24) is 35.0 Å². The fraction of sp³-hybridized carbons (Fsp3) is 0.333. The number of nitrogens with one attached hydrogen (secondary N) is 2. The fourth-order valence-electron chi connectivity index (χ4n) is 3.96. The van der Waals surface area contributed by atoms with Crippen molar-refractivity contribution < 1.29 is 0 Å². The van der Waals surface area contributed by atoms with Gasteiger partial charge in [-0.25, -0.2) is 15.0 Å². The average molecular weight is 388 g/mol. The first-order valence-corrected chi connectivity index (χ1v) is 10.0. The van der Waals surface area contributed by atoms with Crippen LogP contribution in [0.15, 0.2) is 36.9 Å². The summed E-state index contributed by atoms with van der Waals surface area (Å²) in [6.45, 7) is 5.16. The SMILES string of the molecule is CCc1cc(-c2c[nH]c3ncc(-c4cnn(CC5CCNC5)c4)cc23)nc(N)n1. The second-order valence-electron chi connectivity index (χ2n) is 7.59. The van der Waals surface area contributed by atoms with E-state index in [-0.39, 0.29) is 0 Å². The monoisotopic (exact) mass is 388 g/mol. The van der Waals surface area contributed by atoms with Gasteiger partial charge in [0.05, 0.1) is 11.9 Å². The lowest BCUT2D eigenvalue weighted by molar-refractivity contribution is 0.449. The lowest BCUT2D eigenvalue weighted by atomic mass is 10.1. The number of aromatic amines is 1. The fourth-order valence-corrected chi connectivity index (χ4v) is 3.96. The molecule has 1 aliphatic heterocycles. The van der Waals surface area contributed by atoms with Crippen LogP contribution in [0.2, 0.25) is 0 Å². The van der Waals surface area contributed by atoms with E-state index in [1.807, 2.05) is 29.3 Å². The number of nitrogens with two attached hydrogens (primary N) is 1. The van der Waals surface area contributed by atoms with Crippen LogP contribution >= 0.6 is 0 Å². The number of hydrogen-bond donors (Lipinski definition) is 3. The van der Waals surface area contributed by atoms with Gasteiger partial charge in [0.15, 0.2) is 0 Å². The van der Waals surface area contributed by atoms with E-state index >= 15 is 0 Å². The number of nitrogens with zero attached hydrogens (tertiary/aromatic N) is 5. The van der Waals surface area contributed by atoms with Crippen LogP contribution in [0, 0.1) is 5.92 Å². The van der Waals surface area contributed by atoms with E-state index in [1.54, 1.807) is 0 Å². The van der Waals surface area contributed by atoms with Gasteiger partial charge in [-0.15, -0.1) is 0 Å². The Balaban J connectivity index is 1.50. The van der Waals surface area contributed by atoms with Crippen molar-refractivity contribution >= 4 is 17.0 Å². The Morgan fingerprint density at radius 3 is 2.97 bits per heavy atom. The molecule has 8 heteroatoms. The molecule has 1 saturated heterocycles. The maximum atomic E-state index is 5.91. The molecule has 0 bridgehead atoms. The third-order valence-corrected chi connectivity index (χ3v) is 5.54. The first-order chi connectivity index (χ1) is 14.2. The van der Waals surface area contributed by atoms with Gasteiger partial charge in [-0.1, -0.05) is 6.92 Å². The molecule has 29 heavy (non-hydrogen) atoms. The van der Waals surface area contributed by atoms with Crippen molar-refractivity contribution in [2.24, 2.45) is 5.92 Å². The van der Waals surface area contributed by atoms with Crippen LogP contribution in [-0.4, -0.2) is 42.8 Å². The number of aromatic nitrogens is 6. The standard InChI is InChI=1S/C21H24N8/c1-2-16-6-19(28-21(22)27-16)18-10-25-20-17(18)5-14(8-24-20)15-9-26-29(12-15)11-13-3-4-23-7-13/h5-6,8-10,12-13,23H,2-4,7,11H2,1H3,(H,24,25)(H2,22,27,28). The molecule has 1 unspecified atom stereocenters. The number of hydrogen-bond acceptors (Lipinski definition) is 6. The van der Waals surface area contributed by atoms with Gasteiger partial charge in [0.2, 0.25) is 5.95 Å². The first-order valence-electron chi connectivity index (χ1n) is 10.0. The highest BCUT2D eigenvalue weighted by molar-refractivity contribution is 5.95. The second kappa shape index (κ2) is 7.29. The number of pyridine rings is 1. The van der Waals surface area contributed by atoms with E-state index in [1.165, 1.54) is 6.42 Å². The minimum absolute atomic E-state index is 0.292. The minimum Gasteiger partial charge on any atom is -0.368 e. The molecule has 4 aromatic rings. The summed E-state index contributed by atoms with van der Waals surface area (Å²) in [5, 5.41) is 8.97. The average Bonchev–Trinajstić information content (AvgIpc) is 3.48. The molecule has 0 aliphatic carbocycles. The predicted octanol–water partition coefficient (Wildman–Crippen LogP) is 2.64. The molecule has 1 aliphatic rings. The van der Waals surface area contributed by atoms with Crippen molar-refractivity contribution in [2.45, 2.75) is 26.3 Å². The number of aryl methyl sites for hydroxylation is 1. The normalized spacial score (nSPS) is 16.7. The Hall–Kier alpha value is -3.26. The summed E-state index contributed by atoms with van der Waals surface area (Å²) in [6, 6.07) is 4.12. The summed E-state index contributed by atoms with van der Waals surface area (Å²) in [5.74, 6) is 0.941.